The van der Waals surface area contributed by atoms with Crippen LogP contribution in [0.3, 0.4) is 0 Å². The summed E-state index contributed by atoms with van der Waals surface area (Å²) >= 11 is 11.6. The van der Waals surface area contributed by atoms with Gasteiger partial charge in [-0.1, -0.05) is 29.8 Å². The van der Waals surface area contributed by atoms with Gasteiger partial charge in [0.2, 0.25) is 4.77 Å². The second-order valence-corrected chi connectivity index (χ2v) is 6.40. The quantitative estimate of drug-likeness (QED) is 0.297. The van der Waals surface area contributed by atoms with Crippen molar-refractivity contribution in [1.82, 2.24) is 14.4 Å². The number of benzene rings is 2. The Kier molecular flexibility index (Phi) is 4.02. The third-order valence-corrected chi connectivity index (χ3v) is 4.70. The average molecular weight is 383 g/mol. The molecule has 2 aromatic heterocycles. The van der Waals surface area contributed by atoms with Gasteiger partial charge >= 0.3 is 0 Å². The van der Waals surface area contributed by atoms with Gasteiger partial charge in [0.25, 0.3) is 5.69 Å². The highest BCUT2D eigenvalue weighted by Crippen LogP contribution is 2.30. The number of hydrogen-bond donors (Lipinski definition) is 1. The molecule has 6 nitrogen and oxygen atoms in total. The number of rotatable bonds is 3. The third-order valence-electron chi connectivity index (χ3n) is 4.07. The zero-order chi connectivity index (χ0) is 18.3. The average Bonchev–Trinajstić information content (AvgIpc) is 3.08. The second-order valence-electron chi connectivity index (χ2n) is 5.62. The molecule has 0 spiro atoms. The molecule has 4 aromatic rings. The summed E-state index contributed by atoms with van der Waals surface area (Å²) in [5, 5.41) is 11.5. The van der Waals surface area contributed by atoms with Gasteiger partial charge in [0.05, 0.1) is 10.6 Å². The molecular formula is C18H11ClN4O2S. The first-order valence-electron chi connectivity index (χ1n) is 7.65. The van der Waals surface area contributed by atoms with E-state index in [9.17, 15) is 10.1 Å². The van der Waals surface area contributed by atoms with Crippen LogP contribution in [0.1, 0.15) is 0 Å². The standard InChI is InChI=1S/C18H11ClN4O2S/c19-15-4-2-1-3-13(15)16-10-22-17(21-16)14(9-20-18(22)26)11-5-7-12(8-6-11)23(24)25/h1-10,21H. The SMILES string of the molecule is O=[N+]([O-])c1ccc(-c2cnc(=S)n3cc(-c4ccccc4Cl)[nH]c23)cc1. The molecule has 0 aliphatic heterocycles. The van der Waals surface area contributed by atoms with Gasteiger partial charge < -0.3 is 4.98 Å². The van der Waals surface area contributed by atoms with E-state index in [-0.39, 0.29) is 5.69 Å². The van der Waals surface area contributed by atoms with Crippen LogP contribution >= 0.6 is 23.8 Å². The number of nitrogens with one attached hydrogen (secondary N) is 1. The van der Waals surface area contributed by atoms with Gasteiger partial charge in [0.15, 0.2) is 0 Å². The monoisotopic (exact) mass is 382 g/mol. The number of non-ortho nitro benzene ring substituents is 1. The smallest absolute Gasteiger partial charge is 0.269 e. The van der Waals surface area contributed by atoms with Crippen LogP contribution in [0, 0.1) is 14.9 Å². The van der Waals surface area contributed by atoms with Gasteiger partial charge in [0, 0.05) is 40.7 Å². The fraction of sp³-hybridized carbons (Fsp3) is 0. The highest BCUT2D eigenvalue weighted by Gasteiger charge is 2.13. The van der Waals surface area contributed by atoms with Crippen LogP contribution in [0.15, 0.2) is 60.9 Å². The van der Waals surface area contributed by atoms with E-state index in [1.54, 1.807) is 22.7 Å². The minimum atomic E-state index is -0.428. The van der Waals surface area contributed by atoms with Gasteiger partial charge in [0.1, 0.15) is 5.65 Å². The maximum atomic E-state index is 10.9. The largest absolute Gasteiger partial charge is 0.339 e. The lowest BCUT2D eigenvalue weighted by molar-refractivity contribution is -0.384. The molecule has 0 saturated heterocycles. The Morgan fingerprint density at radius 3 is 2.54 bits per heavy atom. The first-order valence-corrected chi connectivity index (χ1v) is 8.43. The van der Waals surface area contributed by atoms with E-state index >= 15 is 0 Å². The number of hydrogen-bond acceptors (Lipinski definition) is 4. The van der Waals surface area contributed by atoms with Crippen molar-refractivity contribution < 1.29 is 4.92 Å². The first-order chi connectivity index (χ1) is 12.5. The van der Waals surface area contributed by atoms with E-state index < -0.39 is 4.92 Å². The zero-order valence-corrected chi connectivity index (χ0v) is 14.8. The molecule has 2 heterocycles. The third kappa shape index (κ3) is 2.77. The topological polar surface area (TPSA) is 76.2 Å². The molecule has 0 saturated carbocycles. The van der Waals surface area contributed by atoms with E-state index in [0.717, 1.165) is 28.0 Å². The molecule has 128 valence electrons. The van der Waals surface area contributed by atoms with Gasteiger partial charge in [-0.25, -0.2) is 4.98 Å². The summed E-state index contributed by atoms with van der Waals surface area (Å²) in [6.07, 6.45) is 3.51. The molecule has 0 aliphatic carbocycles. The van der Waals surface area contributed by atoms with Crippen molar-refractivity contribution in [3.63, 3.8) is 0 Å². The molecule has 1 N–H and O–H groups in total. The fourth-order valence-electron chi connectivity index (χ4n) is 2.80. The highest BCUT2D eigenvalue weighted by molar-refractivity contribution is 7.71. The molecule has 0 aliphatic rings. The van der Waals surface area contributed by atoms with Crippen LogP contribution in [0.25, 0.3) is 28.0 Å². The van der Waals surface area contributed by atoms with E-state index in [0.29, 0.717) is 9.79 Å². The van der Waals surface area contributed by atoms with Crippen LogP contribution in [0.2, 0.25) is 5.02 Å². The fourth-order valence-corrected chi connectivity index (χ4v) is 3.23. The maximum Gasteiger partial charge on any atom is 0.269 e. The number of nitro benzene ring substituents is 1. The van der Waals surface area contributed by atoms with Crippen molar-refractivity contribution in [2.75, 3.05) is 0 Å². The molecule has 0 radical (unpaired) electrons. The van der Waals surface area contributed by atoms with Crippen molar-refractivity contribution in [2.24, 2.45) is 0 Å². The summed E-state index contributed by atoms with van der Waals surface area (Å²) in [6, 6.07) is 13.8. The van der Waals surface area contributed by atoms with Crippen molar-refractivity contribution in [3.05, 3.63) is 80.8 Å². The highest BCUT2D eigenvalue weighted by atomic mass is 35.5. The second kappa shape index (κ2) is 6.36. The van der Waals surface area contributed by atoms with Crippen molar-refractivity contribution >= 4 is 35.2 Å². The van der Waals surface area contributed by atoms with Gasteiger partial charge in [-0.2, -0.15) is 0 Å². The number of fused-ring (bicyclic) bond motifs is 1. The van der Waals surface area contributed by atoms with Gasteiger partial charge in [-0.3, -0.25) is 14.5 Å². The minimum Gasteiger partial charge on any atom is -0.339 e. The Morgan fingerprint density at radius 1 is 1.12 bits per heavy atom. The van der Waals surface area contributed by atoms with Crippen molar-refractivity contribution in [2.45, 2.75) is 0 Å². The summed E-state index contributed by atoms with van der Waals surface area (Å²) in [5.41, 5.74) is 4.01. The molecule has 2 aromatic carbocycles. The lowest BCUT2D eigenvalue weighted by Gasteiger charge is -2.04. The number of H-pyrrole nitrogens is 1. The van der Waals surface area contributed by atoms with Crippen LogP contribution in [0.4, 0.5) is 5.69 Å². The van der Waals surface area contributed by atoms with Crippen LogP contribution in [-0.2, 0) is 0 Å². The molecule has 0 fully saturated rings. The molecule has 0 bridgehead atoms. The van der Waals surface area contributed by atoms with Crippen LogP contribution in [0.5, 0.6) is 0 Å². The van der Waals surface area contributed by atoms with Crippen LogP contribution < -0.4 is 0 Å². The molecule has 0 atom stereocenters. The van der Waals surface area contributed by atoms with Crippen molar-refractivity contribution in [3.8, 4) is 22.4 Å². The molecule has 0 unspecified atom stereocenters. The lowest BCUT2D eigenvalue weighted by Crippen LogP contribution is -1.93. The molecular weight excluding hydrogens is 372 g/mol. The Bertz CT molecular complexity index is 1200. The summed E-state index contributed by atoms with van der Waals surface area (Å²) in [6.45, 7) is 0. The van der Waals surface area contributed by atoms with Crippen molar-refractivity contribution in [1.29, 1.82) is 0 Å². The Balaban J connectivity index is 1.91. The lowest BCUT2D eigenvalue weighted by atomic mass is 10.1. The molecule has 8 heteroatoms. The van der Waals surface area contributed by atoms with Gasteiger partial charge in [-0.05, 0) is 36.0 Å². The predicted octanol–water partition coefficient (Wildman–Crippen LogP) is 5.29. The summed E-state index contributed by atoms with van der Waals surface area (Å²) in [4.78, 5) is 18.0. The Labute approximate surface area is 157 Å². The molecule has 0 amide bonds. The Hall–Kier alpha value is -3.03. The first kappa shape index (κ1) is 16.4. The van der Waals surface area contributed by atoms with Gasteiger partial charge in [-0.15, -0.1) is 0 Å². The number of aromatic amines is 1. The summed E-state index contributed by atoms with van der Waals surface area (Å²) < 4.78 is 2.17. The normalized spacial score (nSPS) is 11.0. The van der Waals surface area contributed by atoms with E-state index in [4.69, 9.17) is 23.8 Å². The Morgan fingerprint density at radius 2 is 1.85 bits per heavy atom. The minimum absolute atomic E-state index is 0.0359. The summed E-state index contributed by atoms with van der Waals surface area (Å²) in [5.74, 6) is 0. The number of imidazole rings is 1. The van der Waals surface area contributed by atoms with E-state index in [2.05, 4.69) is 9.97 Å². The summed E-state index contributed by atoms with van der Waals surface area (Å²) in [7, 11) is 0. The van der Waals surface area contributed by atoms with Crippen LogP contribution in [-0.4, -0.2) is 19.3 Å². The van der Waals surface area contributed by atoms with E-state index in [1.807, 2.05) is 30.5 Å². The number of aromatic nitrogens is 3. The number of halogens is 1. The van der Waals surface area contributed by atoms with E-state index in [1.165, 1.54) is 12.1 Å². The number of nitro groups is 1. The molecule has 26 heavy (non-hydrogen) atoms. The maximum absolute atomic E-state index is 10.9. The zero-order valence-electron chi connectivity index (χ0n) is 13.2. The predicted molar refractivity (Wildman–Crippen MR) is 103 cm³/mol. The number of nitrogens with zero attached hydrogens (tertiary/aromatic N) is 3. The molecule has 4 rings (SSSR count).